The van der Waals surface area contributed by atoms with E-state index in [2.05, 4.69) is 22.4 Å². The third-order valence-corrected chi connectivity index (χ3v) is 3.52. The molecule has 2 N–H and O–H groups in total. The number of hydrogen-bond donors (Lipinski definition) is 1. The van der Waals surface area contributed by atoms with Gasteiger partial charge >= 0.3 is 0 Å². The van der Waals surface area contributed by atoms with Crippen LogP contribution in [0.15, 0.2) is 54.6 Å². The normalized spacial score (nSPS) is 10.6. The minimum Gasteiger partial charge on any atom is -0.497 e. The molecule has 0 aliphatic heterocycles. The Labute approximate surface area is 129 Å². The lowest BCUT2D eigenvalue weighted by molar-refractivity contribution is 0.415. The highest BCUT2D eigenvalue weighted by atomic mass is 16.5. The zero-order chi connectivity index (χ0) is 15.4. The van der Waals surface area contributed by atoms with Crippen molar-refractivity contribution in [2.24, 2.45) is 5.73 Å². The molecule has 0 saturated heterocycles. The Bertz CT molecular complexity index is 752. The first-order valence-electron chi connectivity index (χ1n) is 7.12. The van der Waals surface area contributed by atoms with E-state index >= 15 is 0 Å². The molecule has 5 heteroatoms. The standard InChI is InChI=1S/C17H18N4O/c1-22-15-9-5-8-14(10-15)17-16(11-18)19-20-21(17)12-13-6-3-2-4-7-13/h2-10H,11-12,18H2,1H3. The van der Waals surface area contributed by atoms with Gasteiger partial charge in [0.05, 0.1) is 19.3 Å². The summed E-state index contributed by atoms with van der Waals surface area (Å²) in [6, 6.07) is 18.0. The molecule has 0 radical (unpaired) electrons. The second-order valence-electron chi connectivity index (χ2n) is 4.96. The van der Waals surface area contributed by atoms with Gasteiger partial charge in [-0.1, -0.05) is 47.7 Å². The van der Waals surface area contributed by atoms with Gasteiger partial charge in [-0.3, -0.25) is 0 Å². The Kier molecular flexibility index (Phi) is 4.16. The van der Waals surface area contributed by atoms with Gasteiger partial charge in [-0.25, -0.2) is 4.68 Å². The zero-order valence-electron chi connectivity index (χ0n) is 12.4. The van der Waals surface area contributed by atoms with E-state index in [1.165, 1.54) is 5.56 Å². The van der Waals surface area contributed by atoms with Gasteiger partial charge in [-0.2, -0.15) is 0 Å². The van der Waals surface area contributed by atoms with E-state index in [9.17, 15) is 0 Å². The molecule has 1 aromatic heterocycles. The molecular formula is C17H18N4O. The van der Waals surface area contributed by atoms with Crippen LogP contribution in [0.25, 0.3) is 11.3 Å². The fourth-order valence-electron chi connectivity index (χ4n) is 2.44. The van der Waals surface area contributed by atoms with Gasteiger partial charge in [0.2, 0.25) is 0 Å². The molecule has 0 unspecified atom stereocenters. The summed E-state index contributed by atoms with van der Waals surface area (Å²) in [5.74, 6) is 0.799. The summed E-state index contributed by atoms with van der Waals surface area (Å²) in [5.41, 5.74) is 9.70. The van der Waals surface area contributed by atoms with Crippen molar-refractivity contribution in [3.63, 3.8) is 0 Å². The van der Waals surface area contributed by atoms with Crippen molar-refractivity contribution >= 4 is 0 Å². The van der Waals surface area contributed by atoms with Gasteiger partial charge in [0.15, 0.2) is 0 Å². The summed E-state index contributed by atoms with van der Waals surface area (Å²) >= 11 is 0. The maximum absolute atomic E-state index is 5.82. The zero-order valence-corrected chi connectivity index (χ0v) is 12.4. The lowest BCUT2D eigenvalue weighted by Gasteiger charge is -2.09. The number of hydrogen-bond acceptors (Lipinski definition) is 4. The van der Waals surface area contributed by atoms with Crippen molar-refractivity contribution in [3.8, 4) is 17.0 Å². The third-order valence-electron chi connectivity index (χ3n) is 3.52. The molecule has 0 atom stereocenters. The van der Waals surface area contributed by atoms with E-state index < -0.39 is 0 Å². The van der Waals surface area contributed by atoms with E-state index in [1.807, 2.05) is 47.1 Å². The molecule has 2 aromatic carbocycles. The highest BCUT2D eigenvalue weighted by molar-refractivity contribution is 5.64. The Hall–Kier alpha value is -2.66. The summed E-state index contributed by atoms with van der Waals surface area (Å²) in [7, 11) is 1.66. The molecule has 0 aliphatic rings. The molecule has 0 spiro atoms. The SMILES string of the molecule is COc1cccc(-c2c(CN)nnn2Cc2ccccc2)c1. The lowest BCUT2D eigenvalue weighted by atomic mass is 10.1. The number of methoxy groups -OCH3 is 1. The first kappa shape index (κ1) is 14.3. The maximum atomic E-state index is 5.82. The fraction of sp³-hybridized carbons (Fsp3) is 0.176. The van der Waals surface area contributed by atoms with Crippen molar-refractivity contribution in [1.82, 2.24) is 15.0 Å². The first-order chi connectivity index (χ1) is 10.8. The molecule has 0 bridgehead atoms. The second-order valence-corrected chi connectivity index (χ2v) is 4.96. The van der Waals surface area contributed by atoms with Gasteiger partial charge in [0.1, 0.15) is 11.4 Å². The van der Waals surface area contributed by atoms with Gasteiger partial charge < -0.3 is 10.5 Å². The Morgan fingerprint density at radius 2 is 1.91 bits per heavy atom. The topological polar surface area (TPSA) is 66.0 Å². The third kappa shape index (κ3) is 2.84. The van der Waals surface area contributed by atoms with E-state index in [1.54, 1.807) is 7.11 Å². The van der Waals surface area contributed by atoms with Crippen molar-refractivity contribution in [1.29, 1.82) is 0 Å². The largest absolute Gasteiger partial charge is 0.497 e. The number of aromatic nitrogens is 3. The predicted octanol–water partition coefficient (Wildman–Crippen LogP) is 2.46. The summed E-state index contributed by atoms with van der Waals surface area (Å²) in [4.78, 5) is 0. The molecule has 0 amide bonds. The average Bonchev–Trinajstić information content (AvgIpc) is 2.98. The van der Waals surface area contributed by atoms with Gasteiger partial charge in [-0.05, 0) is 17.7 Å². The van der Waals surface area contributed by atoms with Crippen LogP contribution in [0.3, 0.4) is 0 Å². The van der Waals surface area contributed by atoms with Gasteiger partial charge in [0, 0.05) is 12.1 Å². The molecular weight excluding hydrogens is 276 g/mol. The van der Waals surface area contributed by atoms with Crippen LogP contribution in [0.4, 0.5) is 0 Å². The highest BCUT2D eigenvalue weighted by Gasteiger charge is 2.14. The molecule has 3 rings (SSSR count). The lowest BCUT2D eigenvalue weighted by Crippen LogP contribution is -2.05. The number of nitrogens with zero attached hydrogens (tertiary/aromatic N) is 3. The van der Waals surface area contributed by atoms with Crippen molar-refractivity contribution in [2.45, 2.75) is 13.1 Å². The smallest absolute Gasteiger partial charge is 0.119 e. The summed E-state index contributed by atoms with van der Waals surface area (Å²) < 4.78 is 7.18. The summed E-state index contributed by atoms with van der Waals surface area (Å²) in [6.07, 6.45) is 0. The minimum absolute atomic E-state index is 0.349. The van der Waals surface area contributed by atoms with Crippen LogP contribution in [0.1, 0.15) is 11.3 Å². The Morgan fingerprint density at radius 1 is 1.09 bits per heavy atom. The van der Waals surface area contributed by atoms with Gasteiger partial charge in [-0.15, -0.1) is 5.10 Å². The van der Waals surface area contributed by atoms with Crippen LogP contribution < -0.4 is 10.5 Å². The van der Waals surface area contributed by atoms with Gasteiger partial charge in [0.25, 0.3) is 0 Å². The van der Waals surface area contributed by atoms with Crippen LogP contribution in [0, 0.1) is 0 Å². The van der Waals surface area contributed by atoms with Crippen molar-refractivity contribution < 1.29 is 4.74 Å². The van der Waals surface area contributed by atoms with Crippen molar-refractivity contribution in [2.75, 3.05) is 7.11 Å². The number of benzene rings is 2. The Balaban J connectivity index is 2.03. The van der Waals surface area contributed by atoms with E-state index in [0.717, 1.165) is 22.7 Å². The molecule has 5 nitrogen and oxygen atoms in total. The minimum atomic E-state index is 0.349. The van der Waals surface area contributed by atoms with E-state index in [-0.39, 0.29) is 0 Å². The number of ether oxygens (including phenoxy) is 1. The Morgan fingerprint density at radius 3 is 2.64 bits per heavy atom. The molecule has 0 saturated carbocycles. The first-order valence-corrected chi connectivity index (χ1v) is 7.12. The van der Waals surface area contributed by atoms with E-state index in [0.29, 0.717) is 13.1 Å². The summed E-state index contributed by atoms with van der Waals surface area (Å²) in [6.45, 7) is 1.00. The highest BCUT2D eigenvalue weighted by Crippen LogP contribution is 2.26. The van der Waals surface area contributed by atoms with Crippen molar-refractivity contribution in [3.05, 3.63) is 65.9 Å². The maximum Gasteiger partial charge on any atom is 0.119 e. The van der Waals surface area contributed by atoms with Crippen LogP contribution in [0.2, 0.25) is 0 Å². The molecule has 112 valence electrons. The molecule has 1 heterocycles. The predicted molar refractivity (Wildman–Crippen MR) is 85.4 cm³/mol. The molecule has 0 aliphatic carbocycles. The quantitative estimate of drug-likeness (QED) is 0.785. The average molecular weight is 294 g/mol. The number of rotatable bonds is 5. The van der Waals surface area contributed by atoms with Crippen LogP contribution in [-0.4, -0.2) is 22.1 Å². The monoisotopic (exact) mass is 294 g/mol. The van der Waals surface area contributed by atoms with E-state index in [4.69, 9.17) is 10.5 Å². The molecule has 0 fully saturated rings. The fourth-order valence-corrected chi connectivity index (χ4v) is 2.44. The molecule has 3 aromatic rings. The van der Waals surface area contributed by atoms with Crippen LogP contribution >= 0.6 is 0 Å². The van der Waals surface area contributed by atoms with Crippen LogP contribution in [-0.2, 0) is 13.1 Å². The van der Waals surface area contributed by atoms with Crippen LogP contribution in [0.5, 0.6) is 5.75 Å². The number of nitrogens with two attached hydrogens (primary N) is 1. The summed E-state index contributed by atoms with van der Waals surface area (Å²) in [5, 5.41) is 8.47. The molecule has 22 heavy (non-hydrogen) atoms. The second kappa shape index (κ2) is 6.41.